The van der Waals surface area contributed by atoms with E-state index < -0.39 is 0 Å². The third kappa shape index (κ3) is 1.78. The summed E-state index contributed by atoms with van der Waals surface area (Å²) < 4.78 is 0. The molecule has 6 heteroatoms. The Morgan fingerprint density at radius 1 is 1.38 bits per heavy atom. The van der Waals surface area contributed by atoms with Gasteiger partial charge >= 0.3 is 0 Å². The minimum absolute atomic E-state index is 0.133. The molecular formula is C10H11N5O. The molecule has 0 saturated heterocycles. The van der Waals surface area contributed by atoms with Gasteiger partial charge in [-0.25, -0.2) is 5.84 Å². The van der Waals surface area contributed by atoms with Gasteiger partial charge in [0, 0.05) is 17.7 Å². The molecule has 4 N–H and O–H groups in total. The third-order valence-electron chi connectivity index (χ3n) is 2.15. The molecule has 0 fully saturated rings. The van der Waals surface area contributed by atoms with Crippen LogP contribution in [-0.2, 0) is 4.79 Å². The fourth-order valence-corrected chi connectivity index (χ4v) is 1.51. The van der Waals surface area contributed by atoms with Crippen molar-refractivity contribution in [1.29, 1.82) is 0 Å². The minimum Gasteiger partial charge on any atom is -0.326 e. The normalized spacial score (nSPS) is 10.1. The second kappa shape index (κ2) is 4.11. The van der Waals surface area contributed by atoms with E-state index in [4.69, 9.17) is 5.84 Å². The lowest BCUT2D eigenvalue weighted by Crippen LogP contribution is -2.10. The maximum absolute atomic E-state index is 11.0. The van der Waals surface area contributed by atoms with Crippen molar-refractivity contribution in [1.82, 2.24) is 10.2 Å². The van der Waals surface area contributed by atoms with Crippen molar-refractivity contribution in [2.45, 2.75) is 6.92 Å². The zero-order valence-corrected chi connectivity index (χ0v) is 8.69. The fourth-order valence-electron chi connectivity index (χ4n) is 1.51. The molecule has 0 aliphatic carbocycles. The van der Waals surface area contributed by atoms with Crippen LogP contribution in [0.3, 0.4) is 0 Å². The van der Waals surface area contributed by atoms with E-state index in [1.807, 2.05) is 12.1 Å². The first-order valence-corrected chi connectivity index (χ1v) is 4.71. The van der Waals surface area contributed by atoms with Crippen molar-refractivity contribution < 1.29 is 4.79 Å². The van der Waals surface area contributed by atoms with Crippen LogP contribution in [0.25, 0.3) is 10.8 Å². The van der Waals surface area contributed by atoms with Gasteiger partial charge in [-0.05, 0) is 6.07 Å². The highest BCUT2D eigenvalue weighted by Crippen LogP contribution is 2.26. The smallest absolute Gasteiger partial charge is 0.221 e. The van der Waals surface area contributed by atoms with Gasteiger partial charge in [-0.2, -0.15) is 5.10 Å². The number of aromatic nitrogens is 2. The summed E-state index contributed by atoms with van der Waals surface area (Å²) in [6.45, 7) is 1.45. The first kappa shape index (κ1) is 10.3. The number of fused-ring (bicyclic) bond motifs is 1. The lowest BCUT2D eigenvalue weighted by molar-refractivity contribution is -0.114. The second-order valence-electron chi connectivity index (χ2n) is 3.29. The van der Waals surface area contributed by atoms with Crippen molar-refractivity contribution >= 4 is 28.2 Å². The van der Waals surface area contributed by atoms with E-state index in [-0.39, 0.29) is 5.91 Å². The molecule has 0 atom stereocenters. The van der Waals surface area contributed by atoms with Crippen LogP contribution in [-0.4, -0.2) is 16.1 Å². The summed E-state index contributed by atoms with van der Waals surface area (Å²) in [5, 5.41) is 12.0. The molecule has 1 amide bonds. The number of carbonyl (C=O) groups is 1. The van der Waals surface area contributed by atoms with E-state index >= 15 is 0 Å². The molecule has 0 aliphatic rings. The van der Waals surface area contributed by atoms with Crippen LogP contribution in [0.15, 0.2) is 24.4 Å². The Hall–Kier alpha value is -2.21. The van der Waals surface area contributed by atoms with Crippen molar-refractivity contribution in [2.24, 2.45) is 5.84 Å². The van der Waals surface area contributed by atoms with Crippen molar-refractivity contribution in [3.05, 3.63) is 24.4 Å². The molecular weight excluding hydrogens is 206 g/mol. The van der Waals surface area contributed by atoms with E-state index in [0.717, 1.165) is 10.8 Å². The average Bonchev–Trinajstić information content (AvgIpc) is 2.28. The molecule has 2 rings (SSSR count). The Bertz CT molecular complexity index is 540. The van der Waals surface area contributed by atoms with E-state index in [2.05, 4.69) is 20.9 Å². The molecule has 1 heterocycles. The highest BCUT2D eigenvalue weighted by Gasteiger charge is 2.06. The summed E-state index contributed by atoms with van der Waals surface area (Å²) in [6, 6.07) is 5.46. The number of nitrogens with one attached hydrogen (secondary N) is 2. The Kier molecular flexibility index (Phi) is 2.65. The summed E-state index contributed by atoms with van der Waals surface area (Å²) >= 11 is 0. The van der Waals surface area contributed by atoms with Crippen LogP contribution in [0.5, 0.6) is 0 Å². The molecule has 0 radical (unpaired) electrons. The van der Waals surface area contributed by atoms with Crippen molar-refractivity contribution in [3.8, 4) is 0 Å². The molecule has 16 heavy (non-hydrogen) atoms. The van der Waals surface area contributed by atoms with Gasteiger partial charge in [-0.1, -0.05) is 12.1 Å². The fraction of sp³-hybridized carbons (Fsp3) is 0.100. The second-order valence-corrected chi connectivity index (χ2v) is 3.29. The predicted octanol–water partition coefficient (Wildman–Crippen LogP) is 0.874. The first-order valence-electron chi connectivity index (χ1n) is 4.71. The molecule has 82 valence electrons. The highest BCUT2D eigenvalue weighted by molar-refractivity contribution is 6.04. The molecule has 0 bridgehead atoms. The Morgan fingerprint density at radius 3 is 2.88 bits per heavy atom. The van der Waals surface area contributed by atoms with Crippen LogP contribution < -0.4 is 16.6 Å². The minimum atomic E-state index is -0.133. The predicted molar refractivity (Wildman–Crippen MR) is 61.7 cm³/mol. The van der Waals surface area contributed by atoms with Gasteiger partial charge in [0.25, 0.3) is 0 Å². The Balaban J connectivity index is 2.64. The topological polar surface area (TPSA) is 92.9 Å². The number of rotatable bonds is 2. The first-order chi connectivity index (χ1) is 7.72. The number of anilines is 2. The van der Waals surface area contributed by atoms with Crippen LogP contribution in [0.1, 0.15) is 6.92 Å². The number of hydrazine groups is 1. The number of hydrogen-bond donors (Lipinski definition) is 3. The molecule has 0 saturated carbocycles. The Morgan fingerprint density at radius 2 is 2.19 bits per heavy atom. The molecule has 6 nitrogen and oxygen atoms in total. The van der Waals surface area contributed by atoms with Gasteiger partial charge in [0.15, 0.2) is 5.82 Å². The maximum atomic E-state index is 11.0. The zero-order valence-electron chi connectivity index (χ0n) is 8.69. The van der Waals surface area contributed by atoms with E-state index in [1.165, 1.54) is 6.92 Å². The van der Waals surface area contributed by atoms with Gasteiger partial charge in [0.05, 0.1) is 11.9 Å². The van der Waals surface area contributed by atoms with Crippen molar-refractivity contribution in [3.63, 3.8) is 0 Å². The third-order valence-corrected chi connectivity index (χ3v) is 2.15. The maximum Gasteiger partial charge on any atom is 0.221 e. The van der Waals surface area contributed by atoms with Crippen LogP contribution in [0.2, 0.25) is 0 Å². The zero-order chi connectivity index (χ0) is 11.5. The number of carbonyl (C=O) groups excluding carboxylic acids is 1. The molecule has 2 aromatic rings. The van der Waals surface area contributed by atoms with Crippen LogP contribution >= 0.6 is 0 Å². The number of nitrogens with zero attached hydrogens (tertiary/aromatic N) is 2. The molecule has 1 aromatic carbocycles. The molecule has 0 spiro atoms. The van der Waals surface area contributed by atoms with Gasteiger partial charge in [0.2, 0.25) is 5.91 Å². The quantitative estimate of drug-likeness (QED) is 0.512. The lowest BCUT2D eigenvalue weighted by Gasteiger charge is -2.08. The number of benzene rings is 1. The van der Waals surface area contributed by atoms with Gasteiger partial charge in [-0.15, -0.1) is 5.10 Å². The summed E-state index contributed by atoms with van der Waals surface area (Å²) in [4.78, 5) is 11.0. The van der Waals surface area contributed by atoms with Crippen molar-refractivity contribution in [2.75, 3.05) is 10.7 Å². The van der Waals surface area contributed by atoms with Gasteiger partial charge < -0.3 is 10.7 Å². The number of hydrogen-bond acceptors (Lipinski definition) is 5. The monoisotopic (exact) mass is 217 g/mol. The number of nitrogen functional groups attached to an aromatic ring is 1. The summed E-state index contributed by atoms with van der Waals surface area (Å²) in [6.07, 6.45) is 1.58. The summed E-state index contributed by atoms with van der Waals surface area (Å²) in [5.41, 5.74) is 3.16. The van der Waals surface area contributed by atoms with Gasteiger partial charge in [0.1, 0.15) is 0 Å². The highest BCUT2D eigenvalue weighted by atomic mass is 16.1. The van der Waals surface area contributed by atoms with E-state index in [9.17, 15) is 4.79 Å². The largest absolute Gasteiger partial charge is 0.326 e. The van der Waals surface area contributed by atoms with Gasteiger partial charge in [-0.3, -0.25) is 4.79 Å². The number of nitrogens with two attached hydrogens (primary N) is 1. The number of amides is 1. The van der Waals surface area contributed by atoms with Crippen LogP contribution in [0.4, 0.5) is 11.5 Å². The lowest BCUT2D eigenvalue weighted by atomic mass is 10.1. The average molecular weight is 217 g/mol. The standard InChI is InChI=1S/C10H11N5O/c1-6(16)13-9-4-2-3-7-8(9)5-12-15-10(7)14-11/h2-5H,11H2,1H3,(H,13,16)(H,14,15). The van der Waals surface area contributed by atoms with E-state index in [0.29, 0.717) is 11.5 Å². The van der Waals surface area contributed by atoms with Crippen LogP contribution in [0, 0.1) is 0 Å². The molecule has 0 aliphatic heterocycles. The molecule has 1 aromatic heterocycles. The molecule has 0 unspecified atom stereocenters. The summed E-state index contributed by atoms with van der Waals surface area (Å²) in [5.74, 6) is 5.67. The SMILES string of the molecule is CC(=O)Nc1cccc2c(NN)nncc12. The summed E-state index contributed by atoms with van der Waals surface area (Å²) in [7, 11) is 0. The van der Waals surface area contributed by atoms with E-state index in [1.54, 1.807) is 12.3 Å². The Labute approximate surface area is 91.8 Å².